The van der Waals surface area contributed by atoms with Crippen LogP contribution >= 0.6 is 0 Å². The molecular weight excluding hydrogens is 437 g/mol. The van der Waals surface area contributed by atoms with Crippen LogP contribution in [0.4, 0.5) is 15.8 Å². The number of likely N-dealkylation sites (tertiary alicyclic amines) is 1. The van der Waals surface area contributed by atoms with Gasteiger partial charge in [0.05, 0.1) is 11.4 Å². The SMILES string of the molecule is O=C(CCCN1CC[C@H]2[C@@H](C1)c1cccc3c1N2CCN3Cc1ccccc1)c1ccc(F)cc1. The maximum absolute atomic E-state index is 13.1. The van der Waals surface area contributed by atoms with Crippen LogP contribution in [0.25, 0.3) is 0 Å². The van der Waals surface area contributed by atoms with E-state index in [0.717, 1.165) is 45.7 Å². The maximum atomic E-state index is 13.1. The normalized spacial score (nSPS) is 21.1. The van der Waals surface area contributed by atoms with Crippen molar-refractivity contribution in [2.24, 2.45) is 0 Å². The van der Waals surface area contributed by atoms with Gasteiger partial charge in [0, 0.05) is 56.7 Å². The molecule has 5 heteroatoms. The molecule has 1 saturated heterocycles. The van der Waals surface area contributed by atoms with Gasteiger partial charge in [0.2, 0.25) is 0 Å². The molecule has 0 unspecified atom stereocenters. The van der Waals surface area contributed by atoms with Crippen molar-refractivity contribution in [2.45, 2.75) is 37.8 Å². The molecule has 35 heavy (non-hydrogen) atoms. The van der Waals surface area contributed by atoms with Gasteiger partial charge < -0.3 is 14.7 Å². The molecule has 1 fully saturated rings. The predicted molar refractivity (Wildman–Crippen MR) is 139 cm³/mol. The third kappa shape index (κ3) is 4.34. The van der Waals surface area contributed by atoms with Crippen LogP contribution in [-0.4, -0.2) is 49.4 Å². The third-order valence-corrected chi connectivity index (χ3v) is 8.01. The molecule has 0 saturated carbocycles. The van der Waals surface area contributed by atoms with Crippen LogP contribution in [0, 0.1) is 5.82 Å². The van der Waals surface area contributed by atoms with Gasteiger partial charge in [-0.25, -0.2) is 4.39 Å². The standard InChI is InChI=1S/C30H32FN3O/c31-24-13-11-23(12-14-24)29(35)10-5-16-32-17-15-27-26(21-32)25-8-4-9-28-30(25)34(27)19-18-33(28)20-22-6-2-1-3-7-22/h1-4,6-9,11-14,26-27H,5,10,15-21H2/t26-,27-/m0/s1. The minimum atomic E-state index is -0.300. The lowest BCUT2D eigenvalue weighted by atomic mass is 9.89. The van der Waals surface area contributed by atoms with Gasteiger partial charge in [0.15, 0.2) is 5.78 Å². The number of hydrogen-bond donors (Lipinski definition) is 0. The fourth-order valence-electron chi connectivity index (χ4n) is 6.31. The molecule has 0 spiro atoms. The number of rotatable bonds is 7. The zero-order chi connectivity index (χ0) is 23.8. The molecule has 4 nitrogen and oxygen atoms in total. The summed E-state index contributed by atoms with van der Waals surface area (Å²) in [4.78, 5) is 20.2. The van der Waals surface area contributed by atoms with Crippen LogP contribution in [0.1, 0.15) is 46.7 Å². The average molecular weight is 470 g/mol. The lowest BCUT2D eigenvalue weighted by molar-refractivity contribution is 0.0971. The number of nitrogens with zero attached hydrogens (tertiary/aromatic N) is 3. The molecule has 3 aliphatic rings. The van der Waals surface area contributed by atoms with Crippen LogP contribution in [0.2, 0.25) is 0 Å². The van der Waals surface area contributed by atoms with Crippen molar-refractivity contribution in [1.29, 1.82) is 0 Å². The summed E-state index contributed by atoms with van der Waals surface area (Å²) in [6.07, 6.45) is 2.52. The first-order valence-corrected chi connectivity index (χ1v) is 12.9. The first kappa shape index (κ1) is 22.3. The highest BCUT2D eigenvalue weighted by Gasteiger charge is 2.44. The Hall–Kier alpha value is -3.18. The summed E-state index contributed by atoms with van der Waals surface area (Å²) in [5.74, 6) is 0.333. The Balaban J connectivity index is 1.12. The smallest absolute Gasteiger partial charge is 0.162 e. The number of anilines is 2. The van der Waals surface area contributed by atoms with Crippen LogP contribution in [0.3, 0.4) is 0 Å². The van der Waals surface area contributed by atoms with Crippen LogP contribution < -0.4 is 9.80 Å². The Morgan fingerprint density at radius 2 is 1.74 bits per heavy atom. The second-order valence-corrected chi connectivity index (χ2v) is 10.1. The Kier molecular flexibility index (Phi) is 6.03. The van der Waals surface area contributed by atoms with Crippen LogP contribution in [0.5, 0.6) is 0 Å². The fraction of sp³-hybridized carbons (Fsp3) is 0.367. The Morgan fingerprint density at radius 3 is 2.57 bits per heavy atom. The summed E-state index contributed by atoms with van der Waals surface area (Å²) >= 11 is 0. The monoisotopic (exact) mass is 469 g/mol. The minimum Gasteiger partial charge on any atom is -0.364 e. The number of piperidine rings is 1. The van der Waals surface area contributed by atoms with Crippen molar-refractivity contribution >= 4 is 17.2 Å². The summed E-state index contributed by atoms with van der Waals surface area (Å²) in [6.45, 7) is 6.18. The first-order chi connectivity index (χ1) is 17.2. The van der Waals surface area contributed by atoms with Crippen LogP contribution in [-0.2, 0) is 6.54 Å². The second-order valence-electron chi connectivity index (χ2n) is 10.1. The lowest BCUT2D eigenvalue weighted by Crippen LogP contribution is -2.49. The van der Waals surface area contributed by atoms with Gasteiger partial charge in [-0.15, -0.1) is 0 Å². The van der Waals surface area contributed by atoms with E-state index in [0.29, 0.717) is 23.9 Å². The quantitative estimate of drug-likeness (QED) is 0.428. The molecule has 6 rings (SSSR count). The van der Waals surface area contributed by atoms with Gasteiger partial charge in [0.1, 0.15) is 5.82 Å². The van der Waals surface area contributed by atoms with Gasteiger partial charge in [0.25, 0.3) is 0 Å². The topological polar surface area (TPSA) is 26.8 Å². The van der Waals surface area contributed by atoms with E-state index in [1.165, 1.54) is 41.1 Å². The van der Waals surface area contributed by atoms with Crippen molar-refractivity contribution in [3.63, 3.8) is 0 Å². The molecule has 0 aromatic heterocycles. The Morgan fingerprint density at radius 1 is 0.914 bits per heavy atom. The van der Waals surface area contributed by atoms with Crippen molar-refractivity contribution in [1.82, 2.24) is 4.90 Å². The summed E-state index contributed by atoms with van der Waals surface area (Å²) in [5.41, 5.74) is 6.30. The highest BCUT2D eigenvalue weighted by atomic mass is 19.1. The number of carbonyl (C=O) groups is 1. The third-order valence-electron chi connectivity index (χ3n) is 8.01. The van der Waals surface area contributed by atoms with Crippen molar-refractivity contribution < 1.29 is 9.18 Å². The van der Waals surface area contributed by atoms with Gasteiger partial charge in [-0.2, -0.15) is 0 Å². The molecule has 2 atom stereocenters. The number of para-hydroxylation sites is 1. The van der Waals surface area contributed by atoms with E-state index < -0.39 is 0 Å². The predicted octanol–water partition coefficient (Wildman–Crippen LogP) is 5.49. The van der Waals surface area contributed by atoms with Crippen LogP contribution in [0.15, 0.2) is 72.8 Å². The molecule has 0 N–H and O–H groups in total. The van der Waals surface area contributed by atoms with E-state index in [9.17, 15) is 9.18 Å². The summed E-state index contributed by atoms with van der Waals surface area (Å²) in [5, 5.41) is 0. The molecular formula is C30H32FN3O. The summed E-state index contributed by atoms with van der Waals surface area (Å²) < 4.78 is 13.1. The largest absolute Gasteiger partial charge is 0.364 e. The molecule has 3 heterocycles. The number of fused-ring (bicyclic) bond motifs is 3. The molecule has 0 bridgehead atoms. The van der Waals surface area contributed by atoms with Gasteiger partial charge in [-0.3, -0.25) is 4.79 Å². The lowest BCUT2D eigenvalue weighted by Gasteiger charge is -2.42. The van der Waals surface area contributed by atoms with Gasteiger partial charge in [-0.1, -0.05) is 42.5 Å². The molecule has 3 aromatic rings. The van der Waals surface area contributed by atoms with E-state index in [1.807, 2.05) is 0 Å². The van der Waals surface area contributed by atoms with E-state index in [1.54, 1.807) is 12.1 Å². The van der Waals surface area contributed by atoms with Crippen molar-refractivity contribution in [2.75, 3.05) is 42.5 Å². The van der Waals surface area contributed by atoms with Gasteiger partial charge >= 0.3 is 0 Å². The summed E-state index contributed by atoms with van der Waals surface area (Å²) in [7, 11) is 0. The number of halogens is 1. The Bertz CT molecular complexity index is 1200. The average Bonchev–Trinajstić information content (AvgIpc) is 3.21. The van der Waals surface area contributed by atoms with Crippen molar-refractivity contribution in [3.05, 3.63) is 95.3 Å². The zero-order valence-electron chi connectivity index (χ0n) is 20.1. The fourth-order valence-corrected chi connectivity index (χ4v) is 6.31. The van der Waals surface area contributed by atoms with E-state index in [-0.39, 0.29) is 11.6 Å². The zero-order valence-corrected chi connectivity index (χ0v) is 20.1. The molecule has 0 amide bonds. The van der Waals surface area contributed by atoms with Crippen molar-refractivity contribution in [3.8, 4) is 0 Å². The van der Waals surface area contributed by atoms with E-state index in [2.05, 4.69) is 63.2 Å². The Labute approximate surface area is 207 Å². The van der Waals surface area contributed by atoms with E-state index in [4.69, 9.17) is 0 Å². The number of benzene rings is 3. The highest BCUT2D eigenvalue weighted by molar-refractivity contribution is 5.96. The molecule has 180 valence electrons. The molecule has 0 radical (unpaired) electrons. The minimum absolute atomic E-state index is 0.103. The van der Waals surface area contributed by atoms with E-state index >= 15 is 0 Å². The first-order valence-electron chi connectivity index (χ1n) is 12.9. The second kappa shape index (κ2) is 9.46. The molecule has 3 aromatic carbocycles. The number of hydrogen-bond acceptors (Lipinski definition) is 4. The number of ketones is 1. The number of carbonyl (C=O) groups excluding carboxylic acids is 1. The number of Topliss-reactive ketones (excluding diaryl/α,β-unsaturated/α-hetero) is 1. The van der Waals surface area contributed by atoms with Gasteiger partial charge in [-0.05, 0) is 60.8 Å². The molecule has 3 aliphatic heterocycles. The summed E-state index contributed by atoms with van der Waals surface area (Å²) in [6, 6.07) is 24.1. The molecule has 0 aliphatic carbocycles. The maximum Gasteiger partial charge on any atom is 0.162 e. The highest BCUT2D eigenvalue weighted by Crippen LogP contribution is 2.50.